The van der Waals surface area contributed by atoms with Crippen molar-refractivity contribution in [3.63, 3.8) is 0 Å². The fourth-order valence-corrected chi connectivity index (χ4v) is 7.68. The number of nitrogens with one attached hydrogen (secondary N) is 3. The number of carbonyl (C=O) groups excluding carboxylic acids is 2. The van der Waals surface area contributed by atoms with Crippen LogP contribution in [-0.2, 0) is 9.53 Å². The van der Waals surface area contributed by atoms with Crippen LogP contribution in [0.4, 0.5) is 10.5 Å². The first-order valence-corrected chi connectivity index (χ1v) is 14.4. The lowest BCUT2D eigenvalue weighted by Crippen LogP contribution is -2.62. The number of anilines is 1. The number of para-hydroxylation sites is 1. The molecule has 6 rings (SSSR count). The van der Waals surface area contributed by atoms with Gasteiger partial charge in [0.1, 0.15) is 11.5 Å². The summed E-state index contributed by atoms with van der Waals surface area (Å²) in [5.41, 5.74) is 2.56. The zero-order valence-corrected chi connectivity index (χ0v) is 23.3. The molecule has 4 aliphatic heterocycles. The molecule has 3 amide bonds. The van der Waals surface area contributed by atoms with Crippen molar-refractivity contribution in [2.75, 3.05) is 38.7 Å². The van der Waals surface area contributed by atoms with E-state index in [9.17, 15) is 9.59 Å². The Morgan fingerprint density at radius 2 is 1.95 bits per heavy atom. The highest BCUT2D eigenvalue weighted by Crippen LogP contribution is 2.48. The maximum Gasteiger partial charge on any atom is 0.326 e. The monoisotopic (exact) mass is 549 g/mol. The number of thioether (sulfide) groups is 1. The normalized spacial score (nSPS) is 28.6. The van der Waals surface area contributed by atoms with Crippen molar-refractivity contribution in [1.82, 2.24) is 20.9 Å². The minimum atomic E-state index is -0.198. The predicted molar refractivity (Wildman–Crippen MR) is 152 cm³/mol. The van der Waals surface area contributed by atoms with Gasteiger partial charge in [-0.2, -0.15) is 0 Å². The minimum Gasteiger partial charge on any atom is -0.457 e. The molecule has 0 aliphatic carbocycles. The van der Waals surface area contributed by atoms with Crippen LogP contribution < -0.4 is 25.6 Å². The van der Waals surface area contributed by atoms with Crippen molar-refractivity contribution in [3.05, 3.63) is 64.7 Å². The highest BCUT2D eigenvalue weighted by molar-refractivity contribution is 8.04. The summed E-state index contributed by atoms with van der Waals surface area (Å²) in [4.78, 5) is 31.8. The first-order valence-electron chi connectivity index (χ1n) is 13.5. The Bertz CT molecular complexity index is 1290. The highest BCUT2D eigenvalue weighted by Gasteiger charge is 2.52. The number of piperidine rings is 2. The van der Waals surface area contributed by atoms with Crippen LogP contribution in [-0.4, -0.2) is 74.2 Å². The van der Waals surface area contributed by atoms with Gasteiger partial charge in [0.25, 0.3) is 5.91 Å². The third kappa shape index (κ3) is 5.14. The summed E-state index contributed by atoms with van der Waals surface area (Å²) in [7, 11) is 3.75. The zero-order valence-electron chi connectivity index (χ0n) is 22.5. The molecule has 0 saturated carbocycles. The molecular formula is C29H35N5O4S. The average Bonchev–Trinajstić information content (AvgIpc) is 3.29. The van der Waals surface area contributed by atoms with E-state index in [-0.39, 0.29) is 41.4 Å². The summed E-state index contributed by atoms with van der Waals surface area (Å²) in [5.74, 6) is 1.38. The Kier molecular flexibility index (Phi) is 7.28. The van der Waals surface area contributed by atoms with Gasteiger partial charge in [-0.15, -0.1) is 0 Å². The van der Waals surface area contributed by atoms with Crippen LogP contribution in [0, 0.1) is 12.8 Å². The third-order valence-electron chi connectivity index (χ3n) is 8.02. The fraction of sp³-hybridized carbons (Fsp3) is 0.448. The van der Waals surface area contributed by atoms with Crippen molar-refractivity contribution >= 4 is 29.4 Å². The second-order valence-corrected chi connectivity index (χ2v) is 11.9. The topological polar surface area (TPSA) is 95.2 Å². The number of hydrogen-bond donors (Lipinski definition) is 3. The van der Waals surface area contributed by atoms with Gasteiger partial charge in [0.15, 0.2) is 0 Å². The fourth-order valence-electron chi connectivity index (χ4n) is 6.28. The Morgan fingerprint density at radius 3 is 2.72 bits per heavy atom. The molecule has 3 unspecified atom stereocenters. The van der Waals surface area contributed by atoms with E-state index in [2.05, 4.69) is 20.9 Å². The smallest absolute Gasteiger partial charge is 0.326 e. The number of methoxy groups -OCH3 is 1. The lowest BCUT2D eigenvalue weighted by atomic mass is 9.86. The Balaban J connectivity index is 1.23. The van der Waals surface area contributed by atoms with Crippen molar-refractivity contribution in [1.29, 1.82) is 0 Å². The second kappa shape index (κ2) is 10.8. The molecule has 2 aromatic rings. The molecule has 3 N–H and O–H groups in total. The number of ether oxygens (including phenoxy) is 2. The minimum absolute atomic E-state index is 0.00241. The molecular weight excluding hydrogens is 514 g/mol. The number of urea groups is 1. The number of carbonyl (C=O) groups is 2. The van der Waals surface area contributed by atoms with Crippen molar-refractivity contribution in [2.45, 2.75) is 43.3 Å². The number of hydrogen-bond acceptors (Lipinski definition) is 7. The molecule has 0 spiro atoms. The van der Waals surface area contributed by atoms with Gasteiger partial charge in [0.2, 0.25) is 0 Å². The molecule has 0 bridgehead atoms. The van der Waals surface area contributed by atoms with E-state index >= 15 is 0 Å². The van der Waals surface area contributed by atoms with E-state index in [1.54, 1.807) is 7.11 Å². The molecule has 4 heterocycles. The second-order valence-electron chi connectivity index (χ2n) is 10.8. The Hall–Kier alpha value is -3.05. The summed E-state index contributed by atoms with van der Waals surface area (Å²) in [6.07, 6.45) is 1.67. The van der Waals surface area contributed by atoms with Gasteiger partial charge in [0.05, 0.1) is 22.4 Å². The lowest BCUT2D eigenvalue weighted by Gasteiger charge is -2.46. The van der Waals surface area contributed by atoms with E-state index in [0.29, 0.717) is 4.91 Å². The third-order valence-corrected chi connectivity index (χ3v) is 9.37. The maximum absolute atomic E-state index is 13.6. The summed E-state index contributed by atoms with van der Waals surface area (Å²) in [5, 5.41) is 9.93. The SMILES string of the molecule is CO[C@H]1C[C@@H](NC(=O)C2=C3NC(=O)N(c4ccc(Oc5ccccc5)cc4C)C4CCNC(S2)C34)CN(C)C1. The number of amides is 3. The van der Waals surface area contributed by atoms with Gasteiger partial charge >= 0.3 is 6.03 Å². The number of nitrogens with zero attached hydrogens (tertiary/aromatic N) is 2. The average molecular weight is 550 g/mol. The van der Waals surface area contributed by atoms with Crippen molar-refractivity contribution in [3.8, 4) is 11.5 Å². The number of aryl methyl sites for hydroxylation is 1. The molecule has 2 aromatic carbocycles. The van der Waals surface area contributed by atoms with Gasteiger partial charge < -0.3 is 30.3 Å². The first kappa shape index (κ1) is 26.2. The molecule has 3 saturated heterocycles. The van der Waals surface area contributed by atoms with Gasteiger partial charge in [-0.25, -0.2) is 4.79 Å². The van der Waals surface area contributed by atoms with Gasteiger partial charge in [-0.3, -0.25) is 9.69 Å². The van der Waals surface area contributed by atoms with Gasteiger partial charge in [-0.05, 0) is 69.3 Å². The first-order chi connectivity index (χ1) is 18.9. The molecule has 0 radical (unpaired) electrons. The summed E-state index contributed by atoms with van der Waals surface area (Å²) in [6, 6.07) is 15.2. The zero-order chi connectivity index (χ0) is 27.1. The van der Waals surface area contributed by atoms with E-state index in [1.807, 2.05) is 67.4 Å². The molecule has 4 aliphatic rings. The molecule has 39 heavy (non-hydrogen) atoms. The van der Waals surface area contributed by atoms with Crippen molar-refractivity contribution < 1.29 is 19.1 Å². The van der Waals surface area contributed by atoms with Crippen molar-refractivity contribution in [2.24, 2.45) is 5.92 Å². The summed E-state index contributed by atoms with van der Waals surface area (Å²) >= 11 is 1.53. The molecule has 0 aromatic heterocycles. The quantitative estimate of drug-likeness (QED) is 0.508. The van der Waals surface area contributed by atoms with E-state index in [4.69, 9.17) is 9.47 Å². The van der Waals surface area contributed by atoms with E-state index < -0.39 is 0 Å². The number of benzene rings is 2. The molecule has 206 valence electrons. The molecule has 9 nitrogen and oxygen atoms in total. The maximum atomic E-state index is 13.6. The van der Waals surface area contributed by atoms with Gasteiger partial charge in [-0.1, -0.05) is 30.0 Å². The van der Waals surface area contributed by atoms with E-state index in [1.165, 1.54) is 11.8 Å². The molecule has 10 heteroatoms. The Labute approximate surface area is 233 Å². The summed E-state index contributed by atoms with van der Waals surface area (Å²) in [6.45, 7) is 4.41. The molecule has 5 atom stereocenters. The summed E-state index contributed by atoms with van der Waals surface area (Å²) < 4.78 is 11.6. The predicted octanol–water partition coefficient (Wildman–Crippen LogP) is 3.41. The standard InChI is InChI=1S/C29H35N5O4S/c1-17-13-20(38-19-7-5-4-6-8-19)9-10-22(17)34-23-11-12-30-28-24(23)25(32-29(34)36)26(39-28)27(35)31-18-14-21(37-3)16-33(2)15-18/h4-10,13,18,21,23-24,28,30H,11-12,14-16H2,1-3H3,(H,31,35)(H,32,36)/t18-,21+,23?,24?,28?/m1/s1. The van der Waals surface area contributed by atoms with Crippen LogP contribution >= 0.6 is 11.8 Å². The Morgan fingerprint density at radius 1 is 1.13 bits per heavy atom. The highest BCUT2D eigenvalue weighted by atomic mass is 32.2. The van der Waals surface area contributed by atoms with Crippen LogP contribution in [0.15, 0.2) is 59.1 Å². The van der Waals surface area contributed by atoms with Crippen LogP contribution in [0.3, 0.4) is 0 Å². The van der Waals surface area contributed by atoms with E-state index in [0.717, 1.165) is 60.9 Å². The molecule has 3 fully saturated rings. The van der Waals surface area contributed by atoms with Crippen LogP contribution in [0.2, 0.25) is 0 Å². The number of likely N-dealkylation sites (N-methyl/N-ethyl adjacent to an activating group) is 1. The largest absolute Gasteiger partial charge is 0.457 e. The van der Waals surface area contributed by atoms with Gasteiger partial charge in [0, 0.05) is 43.5 Å². The number of likely N-dealkylation sites (tertiary alicyclic amines) is 1. The van der Waals surface area contributed by atoms with Crippen LogP contribution in [0.5, 0.6) is 11.5 Å². The van der Waals surface area contributed by atoms with Crippen LogP contribution in [0.25, 0.3) is 0 Å². The number of rotatable bonds is 6. The van der Waals surface area contributed by atoms with Crippen LogP contribution in [0.1, 0.15) is 18.4 Å². The lowest BCUT2D eigenvalue weighted by molar-refractivity contribution is -0.118.